The average molecular weight is 446 g/mol. The average Bonchev–Trinajstić information content (AvgIpc) is 2.84. The molecule has 176 valence electrons. The number of hydrogen-bond acceptors (Lipinski definition) is 3. The highest BCUT2D eigenvalue weighted by molar-refractivity contribution is 5.85. The molecule has 0 unspecified atom stereocenters. The molecule has 1 aliphatic carbocycles. The van der Waals surface area contributed by atoms with Crippen LogP contribution in [0.15, 0.2) is 42.5 Å². The van der Waals surface area contributed by atoms with Crippen molar-refractivity contribution in [2.45, 2.75) is 96.8 Å². The topological polar surface area (TPSA) is 50.1 Å². The summed E-state index contributed by atoms with van der Waals surface area (Å²) in [7, 11) is 0. The van der Waals surface area contributed by atoms with E-state index in [1.54, 1.807) is 6.07 Å². The Labute approximate surface area is 200 Å². The minimum Gasteiger partial charge on any atom is -0.424 e. The van der Waals surface area contributed by atoms with E-state index in [2.05, 4.69) is 51.1 Å². The smallest absolute Gasteiger partial charge is 0.321 e. The number of nitriles is 1. The van der Waals surface area contributed by atoms with E-state index < -0.39 is 5.41 Å². The number of carbonyl (C=O) groups is 1. The molecule has 0 spiro atoms. The fraction of sp³-hybridized carbons (Fsp3) is 0.533. The molecule has 0 N–H and O–H groups in total. The lowest BCUT2D eigenvalue weighted by Crippen LogP contribution is -2.41. The third-order valence-electron chi connectivity index (χ3n) is 7.05. The Morgan fingerprint density at radius 2 is 1.70 bits per heavy atom. The van der Waals surface area contributed by atoms with Gasteiger partial charge in [0.25, 0.3) is 0 Å². The first kappa shape index (κ1) is 25.0. The molecule has 0 heterocycles. The first-order chi connectivity index (χ1) is 16.0. The number of esters is 1. The van der Waals surface area contributed by atoms with Gasteiger partial charge in [0.2, 0.25) is 0 Å². The van der Waals surface area contributed by atoms with Gasteiger partial charge in [0, 0.05) is 0 Å². The van der Waals surface area contributed by atoms with Crippen molar-refractivity contribution in [2.24, 2.45) is 5.92 Å². The second-order valence-corrected chi connectivity index (χ2v) is 10.1. The van der Waals surface area contributed by atoms with Crippen LogP contribution in [0.25, 0.3) is 0 Å². The molecular formula is C30H39NO2. The molecule has 1 saturated carbocycles. The van der Waals surface area contributed by atoms with E-state index in [-0.39, 0.29) is 5.97 Å². The van der Waals surface area contributed by atoms with E-state index in [1.165, 1.54) is 24.8 Å². The summed E-state index contributed by atoms with van der Waals surface area (Å²) in [5, 5.41) is 9.70. The second-order valence-electron chi connectivity index (χ2n) is 10.1. The summed E-state index contributed by atoms with van der Waals surface area (Å²) in [6, 6.07) is 16.5. The van der Waals surface area contributed by atoms with Crippen molar-refractivity contribution in [1.82, 2.24) is 0 Å². The van der Waals surface area contributed by atoms with Crippen LogP contribution < -0.4 is 4.74 Å². The van der Waals surface area contributed by atoms with Crippen LogP contribution in [0.2, 0.25) is 0 Å². The van der Waals surface area contributed by atoms with Crippen LogP contribution >= 0.6 is 0 Å². The monoisotopic (exact) mass is 445 g/mol. The summed E-state index contributed by atoms with van der Waals surface area (Å²) >= 11 is 0. The molecule has 2 aromatic carbocycles. The molecule has 0 atom stereocenters. The third kappa shape index (κ3) is 6.47. The number of hydrogen-bond donors (Lipinski definition) is 0. The van der Waals surface area contributed by atoms with Gasteiger partial charge in [-0.05, 0) is 73.3 Å². The van der Waals surface area contributed by atoms with E-state index in [9.17, 15) is 10.1 Å². The molecule has 0 radical (unpaired) electrons. The second kappa shape index (κ2) is 12.0. The molecule has 1 aliphatic rings. The lowest BCUT2D eigenvalue weighted by atomic mass is 9.69. The van der Waals surface area contributed by atoms with E-state index in [1.807, 2.05) is 12.1 Å². The fourth-order valence-corrected chi connectivity index (χ4v) is 4.90. The molecule has 0 amide bonds. The Hall–Kier alpha value is -2.60. The Morgan fingerprint density at radius 3 is 2.33 bits per heavy atom. The Kier molecular flexibility index (Phi) is 9.12. The highest BCUT2D eigenvalue weighted by atomic mass is 16.5. The van der Waals surface area contributed by atoms with Gasteiger partial charge in [-0.15, -0.1) is 0 Å². The van der Waals surface area contributed by atoms with E-state index in [0.29, 0.717) is 17.2 Å². The van der Waals surface area contributed by atoms with Crippen LogP contribution in [0.5, 0.6) is 5.75 Å². The van der Waals surface area contributed by atoms with Crippen molar-refractivity contribution >= 4 is 5.97 Å². The molecule has 33 heavy (non-hydrogen) atoms. The summed E-state index contributed by atoms with van der Waals surface area (Å²) in [6.45, 7) is 6.61. The zero-order valence-corrected chi connectivity index (χ0v) is 20.7. The normalized spacial score (nSPS) is 15.2. The standard InChI is InChI=1S/C30H39NO2/c1-4-5-7-10-24-13-16-27(17-14-24)30(19-8-6-9-20-30)29(32)33-28-18-15-25(12-11-23(2)3)21-26(28)22-31/h13-18,21,23H,4-12,19-20H2,1-3H3. The zero-order chi connectivity index (χ0) is 23.7. The van der Waals surface area contributed by atoms with Gasteiger partial charge < -0.3 is 4.74 Å². The molecule has 3 nitrogen and oxygen atoms in total. The maximum Gasteiger partial charge on any atom is 0.321 e. The highest BCUT2D eigenvalue weighted by Crippen LogP contribution is 2.41. The summed E-state index contributed by atoms with van der Waals surface area (Å²) in [5.41, 5.74) is 3.32. The van der Waals surface area contributed by atoms with Crippen molar-refractivity contribution in [3.8, 4) is 11.8 Å². The van der Waals surface area contributed by atoms with Crippen molar-refractivity contribution in [1.29, 1.82) is 5.26 Å². The van der Waals surface area contributed by atoms with Gasteiger partial charge in [-0.25, -0.2) is 0 Å². The highest BCUT2D eigenvalue weighted by Gasteiger charge is 2.43. The van der Waals surface area contributed by atoms with Gasteiger partial charge in [-0.2, -0.15) is 5.26 Å². The summed E-state index contributed by atoms with van der Waals surface area (Å²) in [4.78, 5) is 13.6. The molecule has 0 saturated heterocycles. The molecule has 1 fully saturated rings. The molecule has 0 bridgehead atoms. The first-order valence-corrected chi connectivity index (χ1v) is 12.8. The van der Waals surface area contributed by atoms with Crippen LogP contribution in [-0.4, -0.2) is 5.97 Å². The summed E-state index contributed by atoms with van der Waals surface area (Å²) < 4.78 is 5.96. The molecule has 0 aliphatic heterocycles. The van der Waals surface area contributed by atoms with Crippen LogP contribution in [0, 0.1) is 17.2 Å². The van der Waals surface area contributed by atoms with Crippen LogP contribution in [-0.2, 0) is 23.1 Å². The molecular weight excluding hydrogens is 406 g/mol. The predicted octanol–water partition coefficient (Wildman–Crippen LogP) is 7.69. The number of unbranched alkanes of at least 4 members (excludes halogenated alkanes) is 2. The van der Waals surface area contributed by atoms with Crippen LogP contribution in [0.4, 0.5) is 0 Å². The predicted molar refractivity (Wildman–Crippen MR) is 134 cm³/mol. The molecule has 3 rings (SSSR count). The quantitative estimate of drug-likeness (QED) is 0.214. The van der Waals surface area contributed by atoms with Gasteiger partial charge in [-0.1, -0.05) is 83.2 Å². The van der Waals surface area contributed by atoms with Crippen molar-refractivity contribution in [2.75, 3.05) is 0 Å². The maximum atomic E-state index is 13.6. The number of rotatable bonds is 10. The van der Waals surface area contributed by atoms with E-state index >= 15 is 0 Å². The van der Waals surface area contributed by atoms with Crippen molar-refractivity contribution < 1.29 is 9.53 Å². The number of nitrogens with zero attached hydrogens (tertiary/aromatic N) is 1. The summed E-state index contributed by atoms with van der Waals surface area (Å²) in [6.07, 6.45) is 11.5. The van der Waals surface area contributed by atoms with E-state index in [4.69, 9.17) is 4.74 Å². The van der Waals surface area contributed by atoms with Crippen molar-refractivity contribution in [3.05, 3.63) is 64.7 Å². The Bertz CT molecular complexity index is 946. The van der Waals surface area contributed by atoms with Crippen molar-refractivity contribution in [3.63, 3.8) is 0 Å². The third-order valence-corrected chi connectivity index (χ3v) is 7.05. The number of benzene rings is 2. The van der Waals surface area contributed by atoms with Crippen LogP contribution in [0.3, 0.4) is 0 Å². The lowest BCUT2D eigenvalue weighted by Gasteiger charge is -2.35. The van der Waals surface area contributed by atoms with Gasteiger partial charge in [-0.3, -0.25) is 4.79 Å². The van der Waals surface area contributed by atoms with Crippen LogP contribution in [0.1, 0.15) is 101 Å². The van der Waals surface area contributed by atoms with E-state index in [0.717, 1.165) is 62.5 Å². The largest absolute Gasteiger partial charge is 0.424 e. The Balaban J connectivity index is 1.80. The molecule has 0 aromatic heterocycles. The maximum absolute atomic E-state index is 13.6. The SMILES string of the molecule is CCCCCc1ccc(C2(C(=O)Oc3ccc(CCC(C)C)cc3C#N)CCCCC2)cc1. The van der Waals surface area contributed by atoms with Gasteiger partial charge >= 0.3 is 5.97 Å². The van der Waals surface area contributed by atoms with Gasteiger partial charge in [0.15, 0.2) is 0 Å². The minimum atomic E-state index is -0.622. The minimum absolute atomic E-state index is 0.215. The number of aryl methyl sites for hydroxylation is 2. The van der Waals surface area contributed by atoms with Gasteiger partial charge in [0.1, 0.15) is 11.8 Å². The number of ether oxygens (including phenoxy) is 1. The fourth-order valence-electron chi connectivity index (χ4n) is 4.90. The Morgan fingerprint density at radius 1 is 1.00 bits per heavy atom. The molecule has 2 aromatic rings. The number of carbonyl (C=O) groups excluding carboxylic acids is 1. The lowest BCUT2D eigenvalue weighted by molar-refractivity contribution is -0.142. The van der Waals surface area contributed by atoms with Gasteiger partial charge in [0.05, 0.1) is 11.0 Å². The molecule has 3 heteroatoms. The summed E-state index contributed by atoms with van der Waals surface area (Å²) in [5.74, 6) is 0.779. The first-order valence-electron chi connectivity index (χ1n) is 12.8. The zero-order valence-electron chi connectivity index (χ0n) is 20.7.